The predicted octanol–water partition coefficient (Wildman–Crippen LogP) is 3.38. The van der Waals surface area contributed by atoms with Crippen molar-refractivity contribution in [1.82, 2.24) is 4.72 Å². The van der Waals surface area contributed by atoms with E-state index < -0.39 is 10.0 Å². The fourth-order valence-corrected chi connectivity index (χ4v) is 4.16. The van der Waals surface area contributed by atoms with Crippen LogP contribution in [-0.4, -0.2) is 22.1 Å². The first-order chi connectivity index (χ1) is 9.94. The zero-order valence-electron chi connectivity index (χ0n) is 11.7. The first kappa shape index (κ1) is 16.5. The Bertz CT molecular complexity index is 699. The second-order valence-corrected chi connectivity index (χ2v) is 7.49. The van der Waals surface area contributed by atoms with Crippen molar-refractivity contribution in [1.29, 1.82) is 0 Å². The molecule has 1 heterocycles. The highest BCUT2D eigenvalue weighted by atomic mass is 35.5. The molecular weight excluding hydrogens is 330 g/mol. The number of halogens is 1. The van der Waals surface area contributed by atoms with E-state index in [1.807, 2.05) is 16.8 Å². The summed E-state index contributed by atoms with van der Waals surface area (Å²) < 4.78 is 32.7. The zero-order valence-corrected chi connectivity index (χ0v) is 14.1. The first-order valence-electron chi connectivity index (χ1n) is 6.25. The summed E-state index contributed by atoms with van der Waals surface area (Å²) >= 11 is 7.42. The van der Waals surface area contributed by atoms with E-state index in [4.69, 9.17) is 16.3 Å². The fourth-order valence-electron chi connectivity index (χ4n) is 1.92. The Morgan fingerprint density at radius 2 is 2.14 bits per heavy atom. The predicted molar refractivity (Wildman–Crippen MR) is 85.4 cm³/mol. The molecule has 0 radical (unpaired) electrons. The van der Waals surface area contributed by atoms with Crippen molar-refractivity contribution in [2.75, 3.05) is 13.7 Å². The number of rotatable bonds is 6. The lowest BCUT2D eigenvalue weighted by molar-refractivity contribution is 0.107. The van der Waals surface area contributed by atoms with E-state index in [9.17, 15) is 8.42 Å². The van der Waals surface area contributed by atoms with Crippen LogP contribution in [0.25, 0.3) is 0 Å². The van der Waals surface area contributed by atoms with Gasteiger partial charge in [0, 0.05) is 18.7 Å². The summed E-state index contributed by atoms with van der Waals surface area (Å²) in [6.45, 7) is 1.90. The third-order valence-electron chi connectivity index (χ3n) is 3.10. The largest absolute Gasteiger partial charge is 0.375 e. The lowest BCUT2D eigenvalue weighted by Crippen LogP contribution is -2.29. The summed E-state index contributed by atoms with van der Waals surface area (Å²) in [5.41, 5.74) is 1.60. The van der Waals surface area contributed by atoms with Crippen LogP contribution in [0.3, 0.4) is 0 Å². The van der Waals surface area contributed by atoms with Crippen molar-refractivity contribution in [3.63, 3.8) is 0 Å². The van der Waals surface area contributed by atoms with Crippen molar-refractivity contribution >= 4 is 33.0 Å². The van der Waals surface area contributed by atoms with E-state index in [1.165, 1.54) is 6.07 Å². The normalized spacial score (nSPS) is 13.3. The number of nitrogens with one attached hydrogen (secondary N) is 1. The van der Waals surface area contributed by atoms with Crippen molar-refractivity contribution in [3.8, 4) is 0 Å². The number of sulfonamides is 1. The maximum absolute atomic E-state index is 12.4. The quantitative estimate of drug-likeness (QED) is 0.873. The molecule has 1 unspecified atom stereocenters. The Hall–Kier alpha value is -0.920. The number of aryl methyl sites for hydroxylation is 1. The highest BCUT2D eigenvalue weighted by Crippen LogP contribution is 2.22. The van der Waals surface area contributed by atoms with Gasteiger partial charge < -0.3 is 4.74 Å². The van der Waals surface area contributed by atoms with Gasteiger partial charge in [0.2, 0.25) is 10.0 Å². The molecule has 1 aromatic carbocycles. The van der Waals surface area contributed by atoms with Gasteiger partial charge in [-0.1, -0.05) is 17.7 Å². The van der Waals surface area contributed by atoms with E-state index in [0.29, 0.717) is 10.6 Å². The third-order valence-corrected chi connectivity index (χ3v) is 5.60. The minimum Gasteiger partial charge on any atom is -0.375 e. The van der Waals surface area contributed by atoms with Gasteiger partial charge in [0.15, 0.2) is 0 Å². The molecule has 2 aromatic rings. The van der Waals surface area contributed by atoms with E-state index in [0.717, 1.165) is 5.56 Å². The molecule has 114 valence electrons. The SMILES string of the molecule is COC(CNS(=O)(=O)c1cc(Cl)ccc1C)c1ccsc1. The third kappa shape index (κ3) is 4.05. The number of hydrogen-bond acceptors (Lipinski definition) is 4. The minimum atomic E-state index is -3.62. The standard InChI is InChI=1S/C14H16ClNO3S2/c1-10-3-4-12(15)7-14(10)21(17,18)16-8-13(19-2)11-5-6-20-9-11/h3-7,9,13,16H,8H2,1-2H3. The number of hydrogen-bond donors (Lipinski definition) is 1. The molecule has 0 saturated carbocycles. The maximum Gasteiger partial charge on any atom is 0.240 e. The summed E-state index contributed by atoms with van der Waals surface area (Å²) in [4.78, 5) is 0.190. The molecule has 21 heavy (non-hydrogen) atoms. The number of ether oxygens (including phenoxy) is 1. The molecule has 0 aliphatic rings. The van der Waals surface area contributed by atoms with E-state index in [2.05, 4.69) is 4.72 Å². The number of thiophene rings is 1. The molecule has 0 spiro atoms. The van der Waals surface area contributed by atoms with Gasteiger partial charge in [-0.25, -0.2) is 13.1 Å². The van der Waals surface area contributed by atoms with E-state index in [1.54, 1.807) is 37.5 Å². The van der Waals surface area contributed by atoms with Gasteiger partial charge in [-0.15, -0.1) is 0 Å². The molecule has 0 aliphatic heterocycles. The Morgan fingerprint density at radius 3 is 2.76 bits per heavy atom. The minimum absolute atomic E-state index is 0.168. The molecule has 0 aliphatic carbocycles. The van der Waals surface area contributed by atoms with Gasteiger partial charge in [-0.05, 0) is 47.0 Å². The summed E-state index contributed by atoms with van der Waals surface area (Å²) in [7, 11) is -2.06. The van der Waals surface area contributed by atoms with Crippen LogP contribution in [-0.2, 0) is 14.8 Å². The van der Waals surface area contributed by atoms with Gasteiger partial charge in [-0.3, -0.25) is 0 Å². The second kappa shape index (κ2) is 6.89. The molecule has 1 N–H and O–H groups in total. The monoisotopic (exact) mass is 345 g/mol. The van der Waals surface area contributed by atoms with Crippen molar-refractivity contribution in [2.45, 2.75) is 17.9 Å². The lowest BCUT2D eigenvalue weighted by Gasteiger charge is -2.16. The van der Waals surface area contributed by atoms with E-state index >= 15 is 0 Å². The molecule has 0 saturated heterocycles. The number of methoxy groups -OCH3 is 1. The highest BCUT2D eigenvalue weighted by molar-refractivity contribution is 7.89. The molecule has 2 rings (SSSR count). The first-order valence-corrected chi connectivity index (χ1v) is 9.05. The van der Waals surface area contributed by atoms with Crippen LogP contribution in [0.15, 0.2) is 39.9 Å². The van der Waals surface area contributed by atoms with Gasteiger partial charge in [0.25, 0.3) is 0 Å². The summed E-state index contributed by atoms with van der Waals surface area (Å²) in [5, 5.41) is 4.26. The van der Waals surface area contributed by atoms with Crippen LogP contribution in [0.5, 0.6) is 0 Å². The highest BCUT2D eigenvalue weighted by Gasteiger charge is 2.20. The van der Waals surface area contributed by atoms with Crippen LogP contribution < -0.4 is 4.72 Å². The second-order valence-electron chi connectivity index (χ2n) is 4.54. The molecule has 7 heteroatoms. The van der Waals surface area contributed by atoms with Gasteiger partial charge in [0.1, 0.15) is 0 Å². The molecule has 1 aromatic heterocycles. The van der Waals surface area contributed by atoms with Crippen LogP contribution in [0.2, 0.25) is 5.02 Å². The van der Waals surface area contributed by atoms with Crippen molar-refractivity contribution in [3.05, 3.63) is 51.2 Å². The summed E-state index contributed by atoms with van der Waals surface area (Å²) in [6, 6.07) is 6.71. The molecule has 0 bridgehead atoms. The average Bonchev–Trinajstić information content (AvgIpc) is 2.96. The Balaban J connectivity index is 2.16. The maximum atomic E-state index is 12.4. The van der Waals surface area contributed by atoms with E-state index in [-0.39, 0.29) is 17.5 Å². The van der Waals surface area contributed by atoms with Gasteiger partial charge >= 0.3 is 0 Å². The Kier molecular flexibility index (Phi) is 5.40. The average molecular weight is 346 g/mol. The smallest absolute Gasteiger partial charge is 0.240 e. The van der Waals surface area contributed by atoms with Crippen LogP contribution in [0, 0.1) is 6.92 Å². The lowest BCUT2D eigenvalue weighted by atomic mass is 10.2. The topological polar surface area (TPSA) is 55.4 Å². The Morgan fingerprint density at radius 1 is 1.38 bits per heavy atom. The van der Waals surface area contributed by atoms with Crippen molar-refractivity contribution in [2.24, 2.45) is 0 Å². The Labute approximate surface area is 133 Å². The van der Waals surface area contributed by atoms with Crippen LogP contribution >= 0.6 is 22.9 Å². The van der Waals surface area contributed by atoms with Gasteiger partial charge in [0.05, 0.1) is 11.0 Å². The molecular formula is C14H16ClNO3S2. The van der Waals surface area contributed by atoms with Crippen LogP contribution in [0.1, 0.15) is 17.2 Å². The molecule has 4 nitrogen and oxygen atoms in total. The summed E-state index contributed by atoms with van der Waals surface area (Å²) in [6.07, 6.45) is -0.314. The molecule has 0 amide bonds. The molecule has 1 atom stereocenters. The van der Waals surface area contributed by atoms with Crippen molar-refractivity contribution < 1.29 is 13.2 Å². The van der Waals surface area contributed by atoms with Crippen LogP contribution in [0.4, 0.5) is 0 Å². The molecule has 0 fully saturated rings. The summed E-state index contributed by atoms with van der Waals surface area (Å²) in [5.74, 6) is 0. The zero-order chi connectivity index (χ0) is 15.5. The number of benzene rings is 1. The fraction of sp³-hybridized carbons (Fsp3) is 0.286. The van der Waals surface area contributed by atoms with Gasteiger partial charge in [-0.2, -0.15) is 11.3 Å².